The van der Waals surface area contributed by atoms with Crippen LogP contribution in [0.5, 0.6) is 0 Å². The lowest BCUT2D eigenvalue weighted by Gasteiger charge is -2.14. The zero-order chi connectivity index (χ0) is 12.3. The van der Waals surface area contributed by atoms with Crippen molar-refractivity contribution in [2.24, 2.45) is 0 Å². The first kappa shape index (κ1) is 16.5. The molecule has 0 aromatic heterocycles. The Kier molecular flexibility index (Phi) is 12.3. The van der Waals surface area contributed by atoms with Gasteiger partial charge in [0.05, 0.1) is 6.04 Å². The van der Waals surface area contributed by atoms with E-state index in [1.54, 1.807) is 14.0 Å². The highest BCUT2D eigenvalue weighted by molar-refractivity contribution is 5.89. The summed E-state index contributed by atoms with van der Waals surface area (Å²) in [6, 6.07) is -0.324. The van der Waals surface area contributed by atoms with Crippen molar-refractivity contribution >= 4 is 11.7 Å². The van der Waals surface area contributed by atoms with Crippen molar-refractivity contribution in [2.45, 2.75) is 46.6 Å². The van der Waals surface area contributed by atoms with E-state index in [1.807, 2.05) is 20.8 Å². The van der Waals surface area contributed by atoms with Gasteiger partial charge in [0.2, 0.25) is 5.91 Å². The van der Waals surface area contributed by atoms with Gasteiger partial charge in [0.25, 0.3) is 0 Å². The first-order valence-corrected chi connectivity index (χ1v) is 5.62. The fourth-order valence-electron chi connectivity index (χ4n) is 1.08. The molecule has 0 heterocycles. The van der Waals surface area contributed by atoms with Gasteiger partial charge in [-0.3, -0.25) is 9.59 Å². The SMILES string of the molecule is CC.CCNC(CC(=O)NC)C(=O)CC. The molecule has 1 unspecified atom stereocenters. The number of rotatable bonds is 6. The van der Waals surface area contributed by atoms with E-state index in [4.69, 9.17) is 0 Å². The maximum Gasteiger partial charge on any atom is 0.221 e. The Balaban J connectivity index is 0. The number of hydrogen-bond donors (Lipinski definition) is 2. The average molecular weight is 216 g/mol. The molecule has 0 rings (SSSR count). The molecule has 0 aliphatic carbocycles. The van der Waals surface area contributed by atoms with E-state index in [1.165, 1.54) is 0 Å². The van der Waals surface area contributed by atoms with Crippen LogP contribution in [0.25, 0.3) is 0 Å². The second-order valence-corrected chi connectivity index (χ2v) is 2.81. The van der Waals surface area contributed by atoms with E-state index in [-0.39, 0.29) is 24.2 Å². The Hall–Kier alpha value is -0.900. The Morgan fingerprint density at radius 2 is 1.73 bits per heavy atom. The summed E-state index contributed by atoms with van der Waals surface area (Å²) in [5.41, 5.74) is 0. The van der Waals surface area contributed by atoms with E-state index >= 15 is 0 Å². The molecule has 0 aliphatic heterocycles. The van der Waals surface area contributed by atoms with Crippen LogP contribution in [-0.4, -0.2) is 31.3 Å². The van der Waals surface area contributed by atoms with Crippen LogP contribution < -0.4 is 10.6 Å². The lowest BCUT2D eigenvalue weighted by Crippen LogP contribution is -2.40. The minimum absolute atomic E-state index is 0.0884. The van der Waals surface area contributed by atoms with E-state index < -0.39 is 0 Å². The molecule has 0 aliphatic rings. The van der Waals surface area contributed by atoms with E-state index in [2.05, 4.69) is 10.6 Å². The number of ketones is 1. The quantitative estimate of drug-likeness (QED) is 0.699. The van der Waals surface area contributed by atoms with Crippen molar-refractivity contribution in [1.82, 2.24) is 10.6 Å². The standard InChI is InChI=1S/C9H18N2O2.C2H6/c1-4-8(12)7(11-5-2)6-9(13)10-3;1-2/h7,11H,4-6H2,1-3H3,(H,10,13);1-2H3. The van der Waals surface area contributed by atoms with Gasteiger partial charge in [0.1, 0.15) is 5.78 Å². The zero-order valence-corrected chi connectivity index (χ0v) is 10.5. The maximum atomic E-state index is 11.3. The van der Waals surface area contributed by atoms with Crippen LogP contribution in [0.4, 0.5) is 0 Å². The van der Waals surface area contributed by atoms with Crippen molar-refractivity contribution < 1.29 is 9.59 Å². The molecule has 0 aromatic carbocycles. The fourth-order valence-corrected chi connectivity index (χ4v) is 1.08. The minimum Gasteiger partial charge on any atom is -0.359 e. The van der Waals surface area contributed by atoms with Crippen LogP contribution >= 0.6 is 0 Å². The van der Waals surface area contributed by atoms with Crippen molar-refractivity contribution in [3.63, 3.8) is 0 Å². The molecule has 0 aromatic rings. The number of nitrogens with one attached hydrogen (secondary N) is 2. The molecule has 0 bridgehead atoms. The van der Waals surface area contributed by atoms with Gasteiger partial charge in [-0.25, -0.2) is 0 Å². The van der Waals surface area contributed by atoms with Crippen molar-refractivity contribution in [3.05, 3.63) is 0 Å². The molecule has 1 amide bonds. The minimum atomic E-state index is -0.324. The van der Waals surface area contributed by atoms with Gasteiger partial charge in [-0.2, -0.15) is 0 Å². The summed E-state index contributed by atoms with van der Waals surface area (Å²) in [5, 5.41) is 5.49. The van der Waals surface area contributed by atoms with Crippen molar-refractivity contribution in [1.29, 1.82) is 0 Å². The number of carbonyl (C=O) groups excluding carboxylic acids is 2. The summed E-state index contributed by atoms with van der Waals surface area (Å²) >= 11 is 0. The van der Waals surface area contributed by atoms with Gasteiger partial charge < -0.3 is 10.6 Å². The second kappa shape index (κ2) is 11.2. The van der Waals surface area contributed by atoms with Crippen LogP contribution in [0.1, 0.15) is 40.5 Å². The molecular weight excluding hydrogens is 192 g/mol. The predicted molar refractivity (Wildman–Crippen MR) is 62.8 cm³/mol. The molecule has 90 valence electrons. The number of amides is 1. The molecule has 0 fully saturated rings. The number of carbonyl (C=O) groups is 2. The number of hydrogen-bond acceptors (Lipinski definition) is 3. The lowest BCUT2D eigenvalue weighted by molar-refractivity contribution is -0.126. The first-order valence-electron chi connectivity index (χ1n) is 5.62. The molecular formula is C11H24N2O2. The first-order chi connectivity index (χ1) is 7.15. The second-order valence-electron chi connectivity index (χ2n) is 2.81. The van der Waals surface area contributed by atoms with Crippen molar-refractivity contribution in [2.75, 3.05) is 13.6 Å². The van der Waals surface area contributed by atoms with E-state index in [0.717, 1.165) is 0 Å². The average Bonchev–Trinajstić information content (AvgIpc) is 2.29. The van der Waals surface area contributed by atoms with Crippen molar-refractivity contribution in [3.8, 4) is 0 Å². The Labute approximate surface area is 92.8 Å². The van der Waals surface area contributed by atoms with Crippen LogP contribution in [0.15, 0.2) is 0 Å². The summed E-state index contributed by atoms with van der Waals surface area (Å²) in [4.78, 5) is 22.3. The molecule has 4 heteroatoms. The van der Waals surface area contributed by atoms with Gasteiger partial charge in [-0.05, 0) is 6.54 Å². The van der Waals surface area contributed by atoms with Crippen LogP contribution in [-0.2, 0) is 9.59 Å². The summed E-state index contributed by atoms with van der Waals surface area (Å²) in [6.07, 6.45) is 0.700. The van der Waals surface area contributed by atoms with Gasteiger partial charge >= 0.3 is 0 Å². The molecule has 0 saturated carbocycles. The molecule has 0 saturated heterocycles. The summed E-state index contributed by atoms with van der Waals surface area (Å²) < 4.78 is 0. The molecule has 0 spiro atoms. The van der Waals surface area contributed by atoms with E-state index in [0.29, 0.717) is 13.0 Å². The normalized spacial score (nSPS) is 11.0. The summed E-state index contributed by atoms with van der Waals surface area (Å²) in [5.74, 6) is -0.0156. The third-order valence-electron chi connectivity index (χ3n) is 1.86. The number of Topliss-reactive ketones (excluding diaryl/α,β-unsaturated/α-hetero) is 1. The summed E-state index contributed by atoms with van der Waals surface area (Å²) in [7, 11) is 1.57. The topological polar surface area (TPSA) is 58.2 Å². The highest BCUT2D eigenvalue weighted by Crippen LogP contribution is 1.97. The maximum absolute atomic E-state index is 11.3. The predicted octanol–water partition coefficient (Wildman–Crippen LogP) is 1.11. The third-order valence-corrected chi connectivity index (χ3v) is 1.86. The molecule has 2 N–H and O–H groups in total. The highest BCUT2D eigenvalue weighted by atomic mass is 16.2. The Morgan fingerprint density at radius 1 is 1.20 bits per heavy atom. The fraction of sp³-hybridized carbons (Fsp3) is 0.818. The molecule has 1 atom stereocenters. The van der Waals surface area contributed by atoms with Gasteiger partial charge in [0, 0.05) is 19.9 Å². The summed E-state index contributed by atoms with van der Waals surface area (Å²) in [6.45, 7) is 8.42. The molecule has 0 radical (unpaired) electrons. The lowest BCUT2D eigenvalue weighted by atomic mass is 10.1. The van der Waals surface area contributed by atoms with Crippen LogP contribution in [0.2, 0.25) is 0 Å². The molecule has 4 nitrogen and oxygen atoms in total. The van der Waals surface area contributed by atoms with Crippen LogP contribution in [0.3, 0.4) is 0 Å². The zero-order valence-electron chi connectivity index (χ0n) is 10.5. The smallest absolute Gasteiger partial charge is 0.221 e. The third kappa shape index (κ3) is 8.12. The Bertz CT molecular complexity index is 181. The highest BCUT2D eigenvalue weighted by Gasteiger charge is 2.17. The Morgan fingerprint density at radius 3 is 2.07 bits per heavy atom. The molecule has 15 heavy (non-hydrogen) atoms. The van der Waals surface area contributed by atoms with Crippen LogP contribution in [0, 0.1) is 0 Å². The van der Waals surface area contributed by atoms with E-state index in [9.17, 15) is 9.59 Å². The largest absolute Gasteiger partial charge is 0.359 e. The van der Waals surface area contributed by atoms with Gasteiger partial charge in [-0.1, -0.05) is 27.7 Å². The monoisotopic (exact) mass is 216 g/mol. The van der Waals surface area contributed by atoms with Gasteiger partial charge in [-0.15, -0.1) is 0 Å². The van der Waals surface area contributed by atoms with Gasteiger partial charge in [0.15, 0.2) is 0 Å². The number of likely N-dealkylation sites (N-methyl/N-ethyl adjacent to an activating group) is 1.